The molecule has 0 bridgehead atoms. The lowest BCUT2D eigenvalue weighted by atomic mass is 10.1. The van der Waals surface area contributed by atoms with Gasteiger partial charge in [-0.05, 0) is 5.56 Å². The molecular weight excluding hydrogens is 178 g/mol. The lowest BCUT2D eigenvalue weighted by Gasteiger charge is -1.96. The Balaban J connectivity index is 2.28. The van der Waals surface area contributed by atoms with Crippen molar-refractivity contribution in [2.45, 2.75) is 17.9 Å². The Kier molecular flexibility index (Phi) is 1.78. The predicted octanol–water partition coefficient (Wildman–Crippen LogP) is 1.96. The van der Waals surface area contributed by atoms with Crippen LogP contribution in [0.2, 0.25) is 0 Å². The Bertz CT molecular complexity index is 407. The summed E-state index contributed by atoms with van der Waals surface area (Å²) in [5.74, 6) is -1.000. The second-order valence-electron chi connectivity index (χ2n) is 3.53. The van der Waals surface area contributed by atoms with Gasteiger partial charge in [-0.15, -0.1) is 0 Å². The summed E-state index contributed by atoms with van der Waals surface area (Å²) in [5, 5.41) is 8.96. The molecule has 14 heavy (non-hydrogen) atoms. The molecular formula is C11H10NO2+. The maximum absolute atomic E-state index is 10.9. The van der Waals surface area contributed by atoms with Crippen molar-refractivity contribution in [1.82, 2.24) is 0 Å². The average Bonchev–Trinajstić information content (AvgIpc) is 2.95. The third kappa shape index (κ3) is 1.08. The third-order valence-corrected chi connectivity index (χ3v) is 2.73. The fraction of sp³-hybridized carbons (Fsp3) is 0.273. The monoisotopic (exact) mass is 188 g/mol. The van der Waals surface area contributed by atoms with Crippen LogP contribution in [-0.4, -0.2) is 16.6 Å². The number of carboxylic acids is 1. The molecule has 1 fully saturated rings. The van der Waals surface area contributed by atoms with E-state index in [-0.39, 0.29) is 5.92 Å². The van der Waals surface area contributed by atoms with Crippen molar-refractivity contribution in [3.8, 4) is 6.57 Å². The number of carboxylic acid groups (broad SMARTS) is 1. The molecule has 0 spiro atoms. The molecule has 0 radical (unpaired) electrons. The fourth-order valence-corrected chi connectivity index (χ4v) is 1.77. The molecule has 0 heterocycles. The summed E-state index contributed by atoms with van der Waals surface area (Å²) < 4.78 is 0. The Morgan fingerprint density at radius 3 is 2.57 bits per heavy atom. The zero-order valence-electron chi connectivity index (χ0n) is 7.55. The van der Waals surface area contributed by atoms with Gasteiger partial charge in [0.05, 0.1) is 12.3 Å². The minimum Gasteiger partial charge on any atom is -0.475 e. The van der Waals surface area contributed by atoms with Crippen molar-refractivity contribution >= 4 is 5.97 Å². The lowest BCUT2D eigenvalue weighted by molar-refractivity contribution is -0.138. The van der Waals surface area contributed by atoms with Crippen molar-refractivity contribution in [2.24, 2.45) is 0 Å². The summed E-state index contributed by atoms with van der Waals surface area (Å²) in [4.78, 5) is 14.4. The molecule has 2 atom stereocenters. The highest BCUT2D eigenvalue weighted by Crippen LogP contribution is 2.54. The van der Waals surface area contributed by atoms with Gasteiger partial charge < -0.3 is 5.11 Å². The summed E-state index contributed by atoms with van der Waals surface area (Å²) in [7, 11) is 0. The molecule has 2 unspecified atom stereocenters. The summed E-state index contributed by atoms with van der Waals surface area (Å²) in [5.41, 5.74) is -0.0782. The number of hydrogen-bond acceptors (Lipinski definition) is 1. The van der Waals surface area contributed by atoms with Crippen LogP contribution in [0.3, 0.4) is 0 Å². The van der Waals surface area contributed by atoms with Crippen molar-refractivity contribution in [2.75, 3.05) is 0 Å². The van der Waals surface area contributed by atoms with E-state index in [0.29, 0.717) is 6.42 Å². The molecule has 70 valence electrons. The number of nitrogens with zero attached hydrogens (tertiary/aromatic N) is 1. The second kappa shape index (κ2) is 2.85. The van der Waals surface area contributed by atoms with Crippen LogP contribution in [0.1, 0.15) is 17.9 Å². The van der Waals surface area contributed by atoms with Crippen molar-refractivity contribution < 1.29 is 9.90 Å². The van der Waals surface area contributed by atoms with Crippen LogP contribution in [0.15, 0.2) is 30.3 Å². The molecule has 1 aromatic carbocycles. The quantitative estimate of drug-likeness (QED) is 0.770. The van der Waals surface area contributed by atoms with Crippen molar-refractivity contribution in [3.63, 3.8) is 0 Å². The summed E-state index contributed by atoms with van der Waals surface area (Å²) in [6.45, 7) is 5.14. The topological polar surface area (TPSA) is 41.7 Å². The summed E-state index contributed by atoms with van der Waals surface area (Å²) >= 11 is 0. The van der Waals surface area contributed by atoms with E-state index < -0.39 is 11.5 Å². The number of carbonyl (C=O) groups is 1. The van der Waals surface area contributed by atoms with Gasteiger partial charge in [-0.25, -0.2) is 4.79 Å². The Morgan fingerprint density at radius 2 is 2.14 bits per heavy atom. The largest absolute Gasteiger partial charge is 0.475 e. The molecule has 3 nitrogen and oxygen atoms in total. The first-order valence-electron chi connectivity index (χ1n) is 4.41. The first-order chi connectivity index (χ1) is 6.70. The highest BCUT2D eigenvalue weighted by molar-refractivity contribution is 5.87. The van der Waals surface area contributed by atoms with Gasteiger partial charge in [0, 0.05) is 0 Å². The maximum Gasteiger partial charge on any atom is 0.396 e. The van der Waals surface area contributed by atoms with Gasteiger partial charge in [0.25, 0.3) is 6.57 Å². The number of aliphatic carboxylic acids is 1. The van der Waals surface area contributed by atoms with Crippen LogP contribution in [0, 0.1) is 6.57 Å². The number of benzene rings is 1. The molecule has 0 amide bonds. The van der Waals surface area contributed by atoms with E-state index in [1.54, 1.807) is 0 Å². The molecule has 2 rings (SSSR count). The van der Waals surface area contributed by atoms with Gasteiger partial charge >= 0.3 is 11.5 Å². The minimum absolute atomic E-state index is 0.0637. The molecule has 1 aromatic rings. The first-order valence-corrected chi connectivity index (χ1v) is 4.41. The summed E-state index contributed by atoms with van der Waals surface area (Å²) in [6, 6.07) is 9.47. The summed E-state index contributed by atoms with van der Waals surface area (Å²) in [6.07, 6.45) is 0.503. The number of rotatable bonds is 2. The van der Waals surface area contributed by atoms with E-state index in [1.807, 2.05) is 30.3 Å². The molecule has 0 aromatic heterocycles. The molecule has 1 N–H and O–H groups in total. The van der Waals surface area contributed by atoms with Crippen LogP contribution >= 0.6 is 0 Å². The Hall–Kier alpha value is -1.82. The number of hydrogen-bond donors (Lipinski definition) is 1. The maximum atomic E-state index is 10.9. The van der Waals surface area contributed by atoms with E-state index in [1.165, 1.54) is 0 Å². The average molecular weight is 188 g/mol. The van der Waals surface area contributed by atoms with E-state index >= 15 is 0 Å². The van der Waals surface area contributed by atoms with Gasteiger partial charge in [0.15, 0.2) is 0 Å². The normalized spacial score (nSPS) is 29.2. The van der Waals surface area contributed by atoms with E-state index in [2.05, 4.69) is 4.85 Å². The standard InChI is InChI=1S/C11H9NO2/c1-12-11(10(13)14)7-9(11)8-5-3-2-4-6-8/h1-6,9H,7H2/p+1. The highest BCUT2D eigenvalue weighted by atomic mass is 16.4. The molecule has 1 saturated carbocycles. The first kappa shape index (κ1) is 8.76. The zero-order valence-corrected chi connectivity index (χ0v) is 7.55. The lowest BCUT2D eigenvalue weighted by Crippen LogP contribution is -2.19. The van der Waals surface area contributed by atoms with Crippen LogP contribution in [0.5, 0.6) is 0 Å². The van der Waals surface area contributed by atoms with Gasteiger partial charge in [0.2, 0.25) is 0 Å². The van der Waals surface area contributed by atoms with Crippen molar-refractivity contribution in [1.29, 1.82) is 0 Å². The van der Waals surface area contributed by atoms with E-state index in [4.69, 9.17) is 11.7 Å². The molecule has 0 aliphatic heterocycles. The zero-order chi connectivity index (χ0) is 10.2. The molecule has 1 aliphatic rings. The van der Waals surface area contributed by atoms with Gasteiger partial charge in [-0.3, -0.25) is 0 Å². The minimum atomic E-state index is -1.07. The molecule has 3 heteroatoms. The van der Waals surface area contributed by atoms with E-state index in [0.717, 1.165) is 5.56 Å². The SMILES string of the molecule is C#[N+]C1(C(=O)O)CC1c1ccccc1. The van der Waals surface area contributed by atoms with E-state index in [9.17, 15) is 4.79 Å². The molecule has 0 saturated heterocycles. The van der Waals surface area contributed by atoms with Crippen LogP contribution in [0.25, 0.3) is 4.85 Å². The Labute approximate surface area is 81.8 Å². The van der Waals surface area contributed by atoms with Gasteiger partial charge in [-0.1, -0.05) is 35.2 Å². The highest BCUT2D eigenvalue weighted by Gasteiger charge is 2.73. The van der Waals surface area contributed by atoms with Gasteiger partial charge in [-0.2, -0.15) is 0 Å². The van der Waals surface area contributed by atoms with Gasteiger partial charge in [0.1, 0.15) is 0 Å². The molecule has 1 aliphatic carbocycles. The Morgan fingerprint density at radius 1 is 1.50 bits per heavy atom. The predicted molar refractivity (Wildman–Crippen MR) is 52.5 cm³/mol. The van der Waals surface area contributed by atoms with Crippen molar-refractivity contribution in [3.05, 3.63) is 40.7 Å². The van der Waals surface area contributed by atoms with Crippen LogP contribution in [-0.2, 0) is 4.79 Å². The van der Waals surface area contributed by atoms with Crippen LogP contribution in [0.4, 0.5) is 0 Å². The second-order valence-corrected chi connectivity index (χ2v) is 3.53. The fourth-order valence-electron chi connectivity index (χ4n) is 1.77. The smallest absolute Gasteiger partial charge is 0.396 e. The third-order valence-electron chi connectivity index (χ3n) is 2.73. The van der Waals surface area contributed by atoms with Crippen LogP contribution < -0.4 is 0 Å².